The van der Waals surface area contributed by atoms with Gasteiger partial charge in [0, 0.05) is 18.2 Å². The van der Waals surface area contributed by atoms with Gasteiger partial charge in [-0.15, -0.1) is 0 Å². The number of hydrogen-bond donors (Lipinski definition) is 1. The zero-order valence-electron chi connectivity index (χ0n) is 12.1. The van der Waals surface area contributed by atoms with Crippen LogP contribution in [-0.4, -0.2) is 16.9 Å². The van der Waals surface area contributed by atoms with Crippen LogP contribution in [0.3, 0.4) is 0 Å². The summed E-state index contributed by atoms with van der Waals surface area (Å²) >= 11 is 5.99. The van der Waals surface area contributed by atoms with Gasteiger partial charge in [-0.25, -0.2) is 0 Å². The van der Waals surface area contributed by atoms with Crippen molar-refractivity contribution in [1.82, 2.24) is 5.32 Å². The standard InChI is InChI=1S/C15H19ClN2O3/c1-9-5-10(2)7-11(6-9)17-15(19)13-8-12(18(20)21)3-4-14(13)16/h3-4,8-11H,5-7H2,1-2H3,(H,17,19). The van der Waals surface area contributed by atoms with Crippen LogP contribution in [0.1, 0.15) is 43.5 Å². The third-order valence-electron chi connectivity index (χ3n) is 3.92. The van der Waals surface area contributed by atoms with Crippen LogP contribution in [-0.2, 0) is 0 Å². The van der Waals surface area contributed by atoms with Crippen LogP contribution in [0.5, 0.6) is 0 Å². The first-order chi connectivity index (χ1) is 9.86. The Balaban J connectivity index is 2.13. The van der Waals surface area contributed by atoms with Crippen LogP contribution in [0.2, 0.25) is 5.02 Å². The minimum Gasteiger partial charge on any atom is -0.349 e. The smallest absolute Gasteiger partial charge is 0.270 e. The van der Waals surface area contributed by atoms with Crippen LogP contribution < -0.4 is 5.32 Å². The first-order valence-electron chi connectivity index (χ1n) is 7.11. The number of rotatable bonds is 3. The van der Waals surface area contributed by atoms with E-state index in [2.05, 4.69) is 19.2 Å². The molecule has 2 unspecified atom stereocenters. The van der Waals surface area contributed by atoms with Crippen molar-refractivity contribution >= 4 is 23.2 Å². The zero-order chi connectivity index (χ0) is 15.6. The molecule has 0 aliphatic heterocycles. The van der Waals surface area contributed by atoms with Gasteiger partial charge in [-0.05, 0) is 37.2 Å². The fourth-order valence-electron chi connectivity index (χ4n) is 3.13. The normalized spacial score (nSPS) is 25.4. The fraction of sp³-hybridized carbons (Fsp3) is 0.533. The molecule has 2 rings (SSSR count). The van der Waals surface area contributed by atoms with Crippen molar-refractivity contribution in [3.05, 3.63) is 38.9 Å². The van der Waals surface area contributed by atoms with E-state index in [1.807, 2.05) is 0 Å². The quantitative estimate of drug-likeness (QED) is 0.681. The molecule has 0 heterocycles. The van der Waals surface area contributed by atoms with E-state index in [0.717, 1.165) is 12.8 Å². The van der Waals surface area contributed by atoms with Crippen molar-refractivity contribution in [2.24, 2.45) is 11.8 Å². The Morgan fingerprint density at radius 3 is 2.48 bits per heavy atom. The van der Waals surface area contributed by atoms with Gasteiger partial charge >= 0.3 is 0 Å². The second-order valence-electron chi connectivity index (χ2n) is 6.01. The van der Waals surface area contributed by atoms with E-state index in [0.29, 0.717) is 11.8 Å². The van der Waals surface area contributed by atoms with Gasteiger partial charge < -0.3 is 5.32 Å². The van der Waals surface area contributed by atoms with Crippen molar-refractivity contribution in [3.63, 3.8) is 0 Å². The highest BCUT2D eigenvalue weighted by Gasteiger charge is 2.26. The predicted molar refractivity (Wildman–Crippen MR) is 81.5 cm³/mol. The summed E-state index contributed by atoms with van der Waals surface area (Å²) < 4.78 is 0. The summed E-state index contributed by atoms with van der Waals surface area (Å²) in [6.07, 6.45) is 3.04. The highest BCUT2D eigenvalue weighted by Crippen LogP contribution is 2.29. The Labute approximate surface area is 128 Å². The lowest BCUT2D eigenvalue weighted by atomic mass is 9.80. The van der Waals surface area contributed by atoms with Crippen molar-refractivity contribution < 1.29 is 9.72 Å². The SMILES string of the molecule is CC1CC(C)CC(NC(=O)c2cc([N+](=O)[O-])ccc2Cl)C1. The Morgan fingerprint density at radius 2 is 1.90 bits per heavy atom. The summed E-state index contributed by atoms with van der Waals surface area (Å²) in [7, 11) is 0. The molecule has 1 aromatic rings. The number of hydrogen-bond acceptors (Lipinski definition) is 3. The summed E-state index contributed by atoms with van der Waals surface area (Å²) in [5, 5.41) is 14.0. The Morgan fingerprint density at radius 1 is 1.29 bits per heavy atom. The Hall–Kier alpha value is -1.62. The molecule has 1 saturated carbocycles. The largest absolute Gasteiger partial charge is 0.349 e. The second-order valence-corrected chi connectivity index (χ2v) is 6.42. The minimum atomic E-state index is -0.530. The molecule has 1 aliphatic rings. The summed E-state index contributed by atoms with van der Waals surface area (Å²) in [5.41, 5.74) is 0.0340. The molecule has 1 fully saturated rings. The molecule has 2 atom stereocenters. The highest BCUT2D eigenvalue weighted by atomic mass is 35.5. The molecule has 5 nitrogen and oxygen atoms in total. The average Bonchev–Trinajstić information content (AvgIpc) is 2.37. The van der Waals surface area contributed by atoms with Gasteiger partial charge in [0.05, 0.1) is 15.5 Å². The molecule has 0 radical (unpaired) electrons. The number of nitrogens with zero attached hydrogens (tertiary/aromatic N) is 1. The number of nitro benzene ring substituents is 1. The monoisotopic (exact) mass is 310 g/mol. The van der Waals surface area contributed by atoms with Gasteiger partial charge in [-0.2, -0.15) is 0 Å². The molecule has 1 aliphatic carbocycles. The molecular formula is C15H19ClN2O3. The number of amides is 1. The van der Waals surface area contributed by atoms with Gasteiger partial charge in [-0.3, -0.25) is 14.9 Å². The van der Waals surface area contributed by atoms with E-state index < -0.39 is 4.92 Å². The van der Waals surface area contributed by atoms with Crippen molar-refractivity contribution in [1.29, 1.82) is 0 Å². The van der Waals surface area contributed by atoms with E-state index in [-0.39, 0.29) is 28.2 Å². The number of carbonyl (C=O) groups is 1. The van der Waals surface area contributed by atoms with Crippen molar-refractivity contribution in [2.45, 2.75) is 39.2 Å². The number of halogens is 1. The first kappa shape index (κ1) is 15.8. The van der Waals surface area contributed by atoms with Gasteiger partial charge in [0.15, 0.2) is 0 Å². The van der Waals surface area contributed by atoms with Crippen LogP contribution in [0.4, 0.5) is 5.69 Å². The lowest BCUT2D eigenvalue weighted by Gasteiger charge is -2.32. The molecule has 0 bridgehead atoms. The van der Waals surface area contributed by atoms with Gasteiger partial charge in [0.2, 0.25) is 0 Å². The van der Waals surface area contributed by atoms with Crippen LogP contribution >= 0.6 is 11.6 Å². The van der Waals surface area contributed by atoms with Crippen molar-refractivity contribution in [3.8, 4) is 0 Å². The Bertz CT molecular complexity index is 552. The summed E-state index contributed by atoms with van der Waals surface area (Å²) in [6.45, 7) is 4.35. The first-order valence-corrected chi connectivity index (χ1v) is 7.49. The van der Waals surface area contributed by atoms with Gasteiger partial charge in [0.1, 0.15) is 0 Å². The van der Waals surface area contributed by atoms with E-state index in [9.17, 15) is 14.9 Å². The molecular weight excluding hydrogens is 292 g/mol. The van der Waals surface area contributed by atoms with Crippen LogP contribution in [0, 0.1) is 22.0 Å². The lowest BCUT2D eigenvalue weighted by Crippen LogP contribution is -2.40. The molecule has 0 spiro atoms. The van der Waals surface area contributed by atoms with Crippen molar-refractivity contribution in [2.75, 3.05) is 0 Å². The fourth-order valence-corrected chi connectivity index (χ4v) is 3.33. The third-order valence-corrected chi connectivity index (χ3v) is 4.25. The van der Waals surface area contributed by atoms with Gasteiger partial charge in [-0.1, -0.05) is 25.4 Å². The Kier molecular flexibility index (Phi) is 4.83. The molecule has 1 N–H and O–H groups in total. The maximum Gasteiger partial charge on any atom is 0.270 e. The lowest BCUT2D eigenvalue weighted by molar-refractivity contribution is -0.384. The summed E-state index contributed by atoms with van der Waals surface area (Å²) in [5.74, 6) is 0.800. The molecule has 6 heteroatoms. The number of non-ortho nitro benzene ring substituents is 1. The number of nitrogens with one attached hydrogen (secondary N) is 1. The van der Waals surface area contributed by atoms with E-state index in [1.165, 1.54) is 24.6 Å². The topological polar surface area (TPSA) is 72.2 Å². The molecule has 1 amide bonds. The zero-order valence-corrected chi connectivity index (χ0v) is 12.9. The average molecular weight is 311 g/mol. The molecule has 0 aromatic heterocycles. The number of benzene rings is 1. The molecule has 1 aromatic carbocycles. The van der Waals surface area contributed by atoms with Crippen LogP contribution in [0.15, 0.2) is 18.2 Å². The van der Waals surface area contributed by atoms with E-state index >= 15 is 0 Å². The minimum absolute atomic E-state index is 0.103. The maximum absolute atomic E-state index is 12.3. The molecule has 21 heavy (non-hydrogen) atoms. The summed E-state index contributed by atoms with van der Waals surface area (Å²) in [6, 6.07) is 4.02. The second kappa shape index (κ2) is 6.43. The molecule has 0 saturated heterocycles. The van der Waals surface area contributed by atoms with Gasteiger partial charge in [0.25, 0.3) is 11.6 Å². The summed E-state index contributed by atoms with van der Waals surface area (Å²) in [4.78, 5) is 22.6. The van der Waals surface area contributed by atoms with E-state index in [4.69, 9.17) is 11.6 Å². The maximum atomic E-state index is 12.3. The van der Waals surface area contributed by atoms with E-state index in [1.54, 1.807) is 0 Å². The molecule has 114 valence electrons. The van der Waals surface area contributed by atoms with Crippen LogP contribution in [0.25, 0.3) is 0 Å². The highest BCUT2D eigenvalue weighted by molar-refractivity contribution is 6.33. The number of nitro groups is 1. The number of carbonyl (C=O) groups excluding carboxylic acids is 1. The predicted octanol–water partition coefficient (Wildman–Crippen LogP) is 3.80. The third kappa shape index (κ3) is 3.94.